The quantitative estimate of drug-likeness (QED) is 0.783. The fraction of sp³-hybridized carbons (Fsp3) is 0.167. The number of aliphatic hydroxyl groups is 1. The van der Waals surface area contributed by atoms with Crippen molar-refractivity contribution < 1.29 is 9.84 Å². The molecule has 0 bridgehead atoms. The molecule has 0 fully saturated rings. The molecule has 0 atom stereocenters. The number of benzene rings is 2. The molecule has 1 heterocycles. The van der Waals surface area contributed by atoms with Gasteiger partial charge in [0, 0.05) is 5.39 Å². The minimum Gasteiger partial charge on any atom is -0.438 e. The number of aliphatic hydroxyl groups excluding tert-OH is 1. The molecule has 3 nitrogen and oxygen atoms in total. The van der Waals surface area contributed by atoms with E-state index < -0.39 is 0 Å². The molecule has 1 aromatic heterocycles. The minimum absolute atomic E-state index is 0.103. The molecule has 0 unspecified atom stereocenters. The lowest BCUT2D eigenvalue weighted by Gasteiger charge is -2.12. The normalized spacial score (nSPS) is 10.8. The molecule has 0 spiro atoms. The molecule has 3 aromatic rings. The van der Waals surface area contributed by atoms with Crippen LogP contribution in [0.5, 0.6) is 11.6 Å². The Kier molecular flexibility index (Phi) is 3.59. The Balaban J connectivity index is 2.13. The van der Waals surface area contributed by atoms with Gasteiger partial charge in [-0.3, -0.25) is 0 Å². The van der Waals surface area contributed by atoms with E-state index in [1.54, 1.807) is 0 Å². The maximum Gasteiger partial charge on any atom is 0.227 e. The zero-order chi connectivity index (χ0) is 14.8. The summed E-state index contributed by atoms with van der Waals surface area (Å²) in [7, 11) is 0. The highest BCUT2D eigenvalue weighted by Crippen LogP contribution is 2.31. The van der Waals surface area contributed by atoms with Gasteiger partial charge in [-0.05, 0) is 48.6 Å². The maximum absolute atomic E-state index is 9.37. The smallest absolute Gasteiger partial charge is 0.227 e. The van der Waals surface area contributed by atoms with E-state index in [0.717, 1.165) is 22.1 Å². The number of hydrogen-bond acceptors (Lipinski definition) is 3. The van der Waals surface area contributed by atoms with E-state index in [9.17, 15) is 5.11 Å². The first kappa shape index (κ1) is 13.6. The molecule has 0 amide bonds. The van der Waals surface area contributed by atoms with Gasteiger partial charge >= 0.3 is 0 Å². The molecular formula is C18H17NO2. The molecule has 0 aliphatic heterocycles. The summed E-state index contributed by atoms with van der Waals surface area (Å²) in [5.41, 5.74) is 2.88. The van der Waals surface area contributed by atoms with Crippen LogP contribution < -0.4 is 4.74 Å². The number of nitrogens with zero attached hydrogens (tertiary/aromatic N) is 1. The van der Waals surface area contributed by atoms with Gasteiger partial charge in [0.05, 0.1) is 12.3 Å². The van der Waals surface area contributed by atoms with Crippen molar-refractivity contribution in [3.05, 3.63) is 65.4 Å². The molecule has 0 aliphatic rings. The van der Waals surface area contributed by atoms with Crippen LogP contribution in [0.2, 0.25) is 0 Å². The Morgan fingerprint density at radius 3 is 2.67 bits per heavy atom. The van der Waals surface area contributed by atoms with Crippen molar-refractivity contribution in [1.82, 2.24) is 4.98 Å². The van der Waals surface area contributed by atoms with Gasteiger partial charge in [-0.1, -0.05) is 30.3 Å². The Bertz CT molecular complexity index is 796. The van der Waals surface area contributed by atoms with Crippen molar-refractivity contribution in [2.45, 2.75) is 20.5 Å². The average Bonchev–Trinajstić information content (AvgIpc) is 2.51. The lowest BCUT2D eigenvalue weighted by atomic mass is 10.1. The van der Waals surface area contributed by atoms with Gasteiger partial charge in [0.2, 0.25) is 5.88 Å². The lowest BCUT2D eigenvalue weighted by molar-refractivity contribution is 0.275. The van der Waals surface area contributed by atoms with Crippen LogP contribution in [-0.2, 0) is 6.61 Å². The Morgan fingerprint density at radius 2 is 1.86 bits per heavy atom. The second kappa shape index (κ2) is 5.54. The van der Waals surface area contributed by atoms with Crippen LogP contribution in [0, 0.1) is 13.8 Å². The standard InChI is InChI=1S/C18H17NO2/c1-12-6-5-9-17(13(12)2)21-18-16-8-4-3-7-14(16)10-15(11-20)19-18/h3-10,20H,11H2,1-2H3. The van der Waals surface area contributed by atoms with E-state index in [-0.39, 0.29) is 6.61 Å². The van der Waals surface area contributed by atoms with Crippen LogP contribution in [-0.4, -0.2) is 10.1 Å². The summed E-state index contributed by atoms with van der Waals surface area (Å²) in [6, 6.07) is 15.7. The number of aromatic nitrogens is 1. The monoisotopic (exact) mass is 279 g/mol. The third-order valence-electron chi connectivity index (χ3n) is 3.68. The predicted octanol–water partition coefficient (Wildman–Crippen LogP) is 4.14. The van der Waals surface area contributed by atoms with E-state index in [1.807, 2.05) is 49.4 Å². The number of ether oxygens (including phenoxy) is 1. The molecule has 0 aliphatic carbocycles. The Labute approximate surface area is 123 Å². The summed E-state index contributed by atoms with van der Waals surface area (Å²) >= 11 is 0. The number of rotatable bonds is 3. The van der Waals surface area contributed by atoms with Crippen LogP contribution in [0.3, 0.4) is 0 Å². The largest absolute Gasteiger partial charge is 0.438 e. The zero-order valence-corrected chi connectivity index (χ0v) is 12.1. The summed E-state index contributed by atoms with van der Waals surface area (Å²) in [6.45, 7) is 3.98. The van der Waals surface area contributed by atoms with Crippen molar-refractivity contribution in [3.63, 3.8) is 0 Å². The van der Waals surface area contributed by atoms with E-state index in [4.69, 9.17) is 4.74 Å². The van der Waals surface area contributed by atoms with Crippen LogP contribution >= 0.6 is 0 Å². The zero-order valence-electron chi connectivity index (χ0n) is 12.1. The third kappa shape index (κ3) is 2.60. The molecule has 21 heavy (non-hydrogen) atoms. The number of aryl methyl sites for hydroxylation is 1. The minimum atomic E-state index is -0.103. The molecule has 1 N–H and O–H groups in total. The first-order chi connectivity index (χ1) is 10.2. The second-order valence-electron chi connectivity index (χ2n) is 5.10. The van der Waals surface area contributed by atoms with Gasteiger partial charge in [0.25, 0.3) is 0 Å². The summed E-state index contributed by atoms with van der Waals surface area (Å²) in [5.74, 6) is 1.33. The molecule has 0 radical (unpaired) electrons. The maximum atomic E-state index is 9.37. The highest BCUT2D eigenvalue weighted by Gasteiger charge is 2.10. The Morgan fingerprint density at radius 1 is 1.05 bits per heavy atom. The summed E-state index contributed by atoms with van der Waals surface area (Å²) in [4.78, 5) is 4.41. The third-order valence-corrected chi connectivity index (χ3v) is 3.68. The number of hydrogen-bond donors (Lipinski definition) is 1. The fourth-order valence-corrected chi connectivity index (χ4v) is 2.32. The first-order valence-electron chi connectivity index (χ1n) is 6.92. The molecule has 2 aromatic carbocycles. The van der Waals surface area contributed by atoms with E-state index in [1.165, 1.54) is 5.56 Å². The fourth-order valence-electron chi connectivity index (χ4n) is 2.32. The molecule has 3 rings (SSSR count). The van der Waals surface area contributed by atoms with Gasteiger partial charge in [-0.2, -0.15) is 0 Å². The van der Waals surface area contributed by atoms with Crippen molar-refractivity contribution in [2.75, 3.05) is 0 Å². The highest BCUT2D eigenvalue weighted by atomic mass is 16.5. The number of pyridine rings is 1. The van der Waals surface area contributed by atoms with Crippen LogP contribution in [0.25, 0.3) is 10.8 Å². The number of fused-ring (bicyclic) bond motifs is 1. The first-order valence-corrected chi connectivity index (χ1v) is 6.92. The predicted molar refractivity (Wildman–Crippen MR) is 83.7 cm³/mol. The van der Waals surface area contributed by atoms with E-state index in [2.05, 4.69) is 18.0 Å². The van der Waals surface area contributed by atoms with Gasteiger partial charge in [0.15, 0.2) is 0 Å². The van der Waals surface area contributed by atoms with Crippen molar-refractivity contribution in [3.8, 4) is 11.6 Å². The van der Waals surface area contributed by atoms with Crippen molar-refractivity contribution in [2.24, 2.45) is 0 Å². The van der Waals surface area contributed by atoms with Crippen molar-refractivity contribution >= 4 is 10.8 Å². The Hall–Kier alpha value is -2.39. The molecule has 3 heteroatoms. The molecule has 0 saturated carbocycles. The molecule has 106 valence electrons. The molecular weight excluding hydrogens is 262 g/mol. The van der Waals surface area contributed by atoms with Crippen LogP contribution in [0.15, 0.2) is 48.5 Å². The topological polar surface area (TPSA) is 42.4 Å². The second-order valence-corrected chi connectivity index (χ2v) is 5.10. The summed E-state index contributed by atoms with van der Waals surface area (Å²) in [5, 5.41) is 11.3. The SMILES string of the molecule is Cc1cccc(Oc2nc(CO)cc3ccccc23)c1C. The highest BCUT2D eigenvalue weighted by molar-refractivity contribution is 5.87. The van der Waals surface area contributed by atoms with Gasteiger partial charge in [-0.25, -0.2) is 4.98 Å². The van der Waals surface area contributed by atoms with E-state index >= 15 is 0 Å². The van der Waals surface area contributed by atoms with Crippen LogP contribution in [0.4, 0.5) is 0 Å². The van der Waals surface area contributed by atoms with Crippen molar-refractivity contribution in [1.29, 1.82) is 0 Å². The van der Waals surface area contributed by atoms with Crippen LogP contribution in [0.1, 0.15) is 16.8 Å². The van der Waals surface area contributed by atoms with Gasteiger partial charge in [0.1, 0.15) is 5.75 Å². The van der Waals surface area contributed by atoms with Gasteiger partial charge in [-0.15, -0.1) is 0 Å². The lowest BCUT2D eigenvalue weighted by Crippen LogP contribution is -1.97. The molecule has 0 saturated heterocycles. The summed E-state index contributed by atoms with van der Waals surface area (Å²) in [6.07, 6.45) is 0. The average molecular weight is 279 g/mol. The summed E-state index contributed by atoms with van der Waals surface area (Å²) < 4.78 is 6.02. The van der Waals surface area contributed by atoms with Gasteiger partial charge < -0.3 is 9.84 Å². The van der Waals surface area contributed by atoms with E-state index in [0.29, 0.717) is 11.6 Å².